The van der Waals surface area contributed by atoms with E-state index >= 15 is 0 Å². The first-order valence-electron chi connectivity index (χ1n) is 9.10. The zero-order chi connectivity index (χ0) is 24.0. The normalized spacial score (nSPS) is 10.9. The molecule has 170 valence electrons. The average Bonchev–Trinajstić information content (AvgIpc) is 2.86. The predicted molar refractivity (Wildman–Crippen MR) is 130 cm³/mol. The standard InChI is InChI=1S/C21H12N3O6PS3/c25-13-22-16-7-1-4-10-19(16)32-28-31(29-33-20-11-5-2-8-17(20)23-14-26)30-34-21-12-6-3-9-18(21)24-15-27/h1-12H. The van der Waals surface area contributed by atoms with Gasteiger partial charge in [-0.1, -0.05) is 36.4 Å². The molecule has 34 heavy (non-hydrogen) atoms. The first kappa shape index (κ1) is 25.8. The summed E-state index contributed by atoms with van der Waals surface area (Å²) in [5, 5.41) is 0. The molecule has 0 unspecified atom stereocenters. The largest absolute Gasteiger partial charge is 0.370 e. The zero-order valence-corrected chi connectivity index (χ0v) is 20.2. The first-order chi connectivity index (χ1) is 16.7. The Kier molecular flexibility index (Phi) is 10.9. The molecule has 0 aliphatic carbocycles. The summed E-state index contributed by atoms with van der Waals surface area (Å²) in [5.41, 5.74) is 1.11. The van der Waals surface area contributed by atoms with E-state index in [0.29, 0.717) is 31.7 Å². The zero-order valence-electron chi connectivity index (χ0n) is 16.9. The smallest absolute Gasteiger partial charge is 0.234 e. The van der Waals surface area contributed by atoms with Crippen molar-refractivity contribution in [1.29, 1.82) is 0 Å². The van der Waals surface area contributed by atoms with Crippen LogP contribution in [0.15, 0.2) is 102 Å². The van der Waals surface area contributed by atoms with Gasteiger partial charge in [0.15, 0.2) is 0 Å². The highest BCUT2D eigenvalue weighted by atomic mass is 32.2. The molecule has 0 amide bonds. The highest BCUT2D eigenvalue weighted by Crippen LogP contribution is 2.55. The number of carbonyl (C=O) groups excluding carboxylic acids is 3. The Hall–Kier alpha value is -2.84. The van der Waals surface area contributed by atoms with Gasteiger partial charge < -0.3 is 0 Å². The summed E-state index contributed by atoms with van der Waals surface area (Å²) in [6.07, 6.45) is 4.50. The Labute approximate surface area is 208 Å². The molecule has 0 saturated heterocycles. The van der Waals surface area contributed by atoms with Crippen molar-refractivity contribution in [2.75, 3.05) is 0 Å². The van der Waals surface area contributed by atoms with E-state index in [1.54, 1.807) is 72.8 Å². The van der Waals surface area contributed by atoms with Crippen molar-refractivity contribution < 1.29 is 26.3 Å². The molecule has 3 rings (SSSR count). The van der Waals surface area contributed by atoms with Gasteiger partial charge in [-0.15, -0.1) is 0 Å². The molecule has 0 spiro atoms. The van der Waals surface area contributed by atoms with Gasteiger partial charge in [0.25, 0.3) is 0 Å². The Morgan fingerprint density at radius 3 is 1.12 bits per heavy atom. The summed E-state index contributed by atoms with van der Waals surface area (Å²) in [6.45, 7) is 0. The summed E-state index contributed by atoms with van der Waals surface area (Å²) in [6, 6.07) is 20.4. The number of aliphatic imine (C=N–C) groups is 3. The van der Waals surface area contributed by atoms with Crippen LogP contribution in [0.5, 0.6) is 0 Å². The van der Waals surface area contributed by atoms with Crippen LogP contribution in [0, 0.1) is 0 Å². The highest BCUT2D eigenvalue weighted by molar-refractivity contribution is 8.03. The number of benzene rings is 3. The maximum Gasteiger partial charge on any atom is 0.370 e. The molecule has 0 aromatic heterocycles. The Balaban J connectivity index is 1.76. The Morgan fingerprint density at radius 1 is 0.529 bits per heavy atom. The van der Waals surface area contributed by atoms with Crippen LogP contribution in [0.1, 0.15) is 0 Å². The summed E-state index contributed by atoms with van der Waals surface area (Å²) < 4.78 is 17.2. The van der Waals surface area contributed by atoms with Crippen molar-refractivity contribution >= 4 is 80.0 Å². The van der Waals surface area contributed by atoms with E-state index in [-0.39, 0.29) is 0 Å². The molecule has 9 nitrogen and oxygen atoms in total. The van der Waals surface area contributed by atoms with Crippen molar-refractivity contribution in [2.24, 2.45) is 15.0 Å². The fourth-order valence-electron chi connectivity index (χ4n) is 2.26. The van der Waals surface area contributed by atoms with Gasteiger partial charge >= 0.3 is 8.60 Å². The van der Waals surface area contributed by atoms with E-state index in [1.165, 1.54) is 18.2 Å². The maximum atomic E-state index is 10.7. The number of isocyanates is 3. The topological polar surface area (TPSA) is 116 Å². The third-order valence-electron chi connectivity index (χ3n) is 3.66. The summed E-state index contributed by atoms with van der Waals surface area (Å²) >= 11 is 2.71. The molecule has 13 heteroatoms. The quantitative estimate of drug-likeness (QED) is 0.103. The molecule has 0 aliphatic rings. The molecule has 0 bridgehead atoms. The van der Waals surface area contributed by atoms with Crippen LogP contribution in [0.3, 0.4) is 0 Å². The second-order valence-electron chi connectivity index (χ2n) is 5.71. The fourth-order valence-corrected chi connectivity index (χ4v) is 5.92. The van der Waals surface area contributed by atoms with E-state index in [2.05, 4.69) is 15.0 Å². The molecule has 0 fully saturated rings. The lowest BCUT2D eigenvalue weighted by molar-refractivity contribution is 0.469. The van der Waals surface area contributed by atoms with Gasteiger partial charge in [-0.2, -0.15) is 15.0 Å². The van der Waals surface area contributed by atoms with Crippen molar-refractivity contribution in [3.05, 3.63) is 72.8 Å². The van der Waals surface area contributed by atoms with E-state index in [0.717, 1.165) is 36.1 Å². The minimum Gasteiger partial charge on any atom is -0.234 e. The van der Waals surface area contributed by atoms with Gasteiger partial charge in [-0.05, 0) is 36.4 Å². The lowest BCUT2D eigenvalue weighted by Crippen LogP contribution is -1.84. The molecule has 0 radical (unpaired) electrons. The molecular weight excluding hydrogens is 517 g/mol. The molecule has 3 aromatic rings. The van der Waals surface area contributed by atoms with Crippen molar-refractivity contribution in [3.63, 3.8) is 0 Å². The first-order valence-corrected chi connectivity index (χ1v) is 12.4. The lowest BCUT2D eigenvalue weighted by atomic mass is 10.3. The summed E-state index contributed by atoms with van der Waals surface area (Å²) in [4.78, 5) is 44.6. The van der Waals surface area contributed by atoms with E-state index < -0.39 is 8.60 Å². The van der Waals surface area contributed by atoms with E-state index in [4.69, 9.17) is 11.9 Å². The van der Waals surface area contributed by atoms with Crippen LogP contribution in [0.4, 0.5) is 17.1 Å². The molecule has 0 saturated carbocycles. The van der Waals surface area contributed by atoms with Crippen LogP contribution >= 0.6 is 44.7 Å². The number of hydrogen-bond acceptors (Lipinski definition) is 12. The summed E-state index contributed by atoms with van der Waals surface area (Å²) in [7, 11) is -2.03. The maximum absolute atomic E-state index is 10.7. The molecule has 0 aliphatic heterocycles. The van der Waals surface area contributed by atoms with E-state index in [1.807, 2.05) is 0 Å². The number of nitrogens with zero attached hydrogens (tertiary/aromatic N) is 3. The monoisotopic (exact) mass is 529 g/mol. The second kappa shape index (κ2) is 14.4. The Bertz CT molecular complexity index is 1120. The Morgan fingerprint density at radius 2 is 0.824 bits per heavy atom. The van der Waals surface area contributed by atoms with Gasteiger partial charge in [0, 0.05) is 36.1 Å². The third kappa shape index (κ3) is 7.88. The highest BCUT2D eigenvalue weighted by Gasteiger charge is 2.20. The summed E-state index contributed by atoms with van der Waals surface area (Å²) in [5.74, 6) is 0. The minimum atomic E-state index is -2.03. The SMILES string of the molecule is O=C=Nc1ccccc1SOP(OSc1ccccc1N=C=O)OSc1ccccc1N=C=O. The van der Waals surface area contributed by atoms with Gasteiger partial charge in [-0.25, -0.2) is 26.3 Å². The number of hydrogen-bond donors (Lipinski definition) is 0. The second-order valence-corrected chi connectivity index (χ2v) is 9.77. The molecule has 0 N–H and O–H groups in total. The van der Waals surface area contributed by atoms with E-state index in [9.17, 15) is 14.4 Å². The third-order valence-corrected chi connectivity index (χ3v) is 7.59. The van der Waals surface area contributed by atoms with Crippen molar-refractivity contribution in [3.8, 4) is 0 Å². The van der Waals surface area contributed by atoms with Crippen LogP contribution < -0.4 is 0 Å². The van der Waals surface area contributed by atoms with Crippen LogP contribution in [0.25, 0.3) is 0 Å². The predicted octanol–water partition coefficient (Wildman–Crippen LogP) is 7.29. The van der Waals surface area contributed by atoms with Gasteiger partial charge in [0.1, 0.15) is 0 Å². The van der Waals surface area contributed by atoms with Gasteiger partial charge in [-0.3, -0.25) is 0 Å². The van der Waals surface area contributed by atoms with Gasteiger partial charge in [0.05, 0.1) is 31.7 Å². The van der Waals surface area contributed by atoms with Crippen molar-refractivity contribution in [1.82, 2.24) is 0 Å². The minimum absolute atomic E-state index is 0.370. The molecule has 0 heterocycles. The molecule has 0 atom stereocenters. The number of rotatable bonds is 12. The van der Waals surface area contributed by atoms with Crippen molar-refractivity contribution in [2.45, 2.75) is 14.7 Å². The van der Waals surface area contributed by atoms with Crippen LogP contribution in [-0.4, -0.2) is 18.2 Å². The van der Waals surface area contributed by atoms with Gasteiger partial charge in [0.2, 0.25) is 18.2 Å². The van der Waals surface area contributed by atoms with Crippen LogP contribution in [-0.2, 0) is 26.3 Å². The average molecular weight is 530 g/mol. The number of para-hydroxylation sites is 3. The molecule has 3 aromatic carbocycles. The lowest BCUT2D eigenvalue weighted by Gasteiger charge is -2.14. The van der Waals surface area contributed by atoms with Crippen LogP contribution in [0.2, 0.25) is 0 Å². The molecular formula is C21H12N3O6PS3. The fraction of sp³-hybridized carbons (Fsp3) is 0.